The average Bonchev–Trinajstić information content (AvgIpc) is 2.98. The Hall–Kier alpha value is -2.11. The number of aromatic nitrogens is 2. The van der Waals surface area contributed by atoms with Gasteiger partial charge in [-0.25, -0.2) is 9.07 Å². The number of hydrogen-bond donors (Lipinski definition) is 0. The van der Waals surface area contributed by atoms with Crippen LogP contribution in [0.3, 0.4) is 0 Å². The van der Waals surface area contributed by atoms with Crippen LogP contribution >= 0.6 is 11.8 Å². The first-order valence-electron chi connectivity index (χ1n) is 7.71. The van der Waals surface area contributed by atoms with Gasteiger partial charge >= 0.3 is 0 Å². The van der Waals surface area contributed by atoms with Crippen molar-refractivity contribution >= 4 is 11.8 Å². The summed E-state index contributed by atoms with van der Waals surface area (Å²) < 4.78 is 15.1. The van der Waals surface area contributed by atoms with E-state index in [0.717, 1.165) is 29.2 Å². The first kappa shape index (κ1) is 16.7. The van der Waals surface area contributed by atoms with Crippen LogP contribution in [-0.4, -0.2) is 35.0 Å². The standard InChI is InChI=1S/C19H20FN3S/c1-22(2)13-16-12-19(14-4-10-18(24-3)11-5-14)23(21-16)17-8-6-15(20)7-9-17/h4-12H,13H2,1-3H3. The maximum atomic E-state index is 13.2. The van der Waals surface area contributed by atoms with E-state index in [4.69, 9.17) is 5.10 Å². The van der Waals surface area contributed by atoms with Gasteiger partial charge in [-0.2, -0.15) is 5.10 Å². The van der Waals surface area contributed by atoms with Crippen LogP contribution < -0.4 is 0 Å². The number of thioether (sulfide) groups is 1. The van der Waals surface area contributed by atoms with Crippen molar-refractivity contribution in [3.05, 3.63) is 66.1 Å². The molecule has 3 rings (SSSR count). The monoisotopic (exact) mass is 341 g/mol. The maximum absolute atomic E-state index is 13.2. The van der Waals surface area contributed by atoms with Gasteiger partial charge in [0.1, 0.15) is 5.82 Å². The average molecular weight is 341 g/mol. The number of halogens is 1. The molecule has 0 saturated heterocycles. The Balaban J connectivity index is 2.07. The quantitative estimate of drug-likeness (QED) is 0.639. The number of hydrogen-bond acceptors (Lipinski definition) is 3. The van der Waals surface area contributed by atoms with Gasteiger partial charge in [-0.1, -0.05) is 12.1 Å². The smallest absolute Gasteiger partial charge is 0.123 e. The van der Waals surface area contributed by atoms with Crippen LogP contribution in [0, 0.1) is 5.82 Å². The first-order chi connectivity index (χ1) is 11.6. The fourth-order valence-electron chi connectivity index (χ4n) is 2.58. The highest BCUT2D eigenvalue weighted by atomic mass is 32.2. The van der Waals surface area contributed by atoms with Crippen molar-refractivity contribution in [3.63, 3.8) is 0 Å². The zero-order valence-corrected chi connectivity index (χ0v) is 14.8. The van der Waals surface area contributed by atoms with Crippen molar-refractivity contribution in [3.8, 4) is 16.9 Å². The lowest BCUT2D eigenvalue weighted by atomic mass is 10.1. The van der Waals surface area contributed by atoms with E-state index in [-0.39, 0.29) is 5.82 Å². The summed E-state index contributed by atoms with van der Waals surface area (Å²) in [4.78, 5) is 3.30. The highest BCUT2D eigenvalue weighted by Gasteiger charge is 2.12. The number of benzene rings is 2. The lowest BCUT2D eigenvalue weighted by Gasteiger charge is -2.08. The van der Waals surface area contributed by atoms with E-state index in [1.54, 1.807) is 23.9 Å². The molecule has 3 nitrogen and oxygen atoms in total. The summed E-state index contributed by atoms with van der Waals surface area (Å²) in [6.07, 6.45) is 2.06. The van der Waals surface area contributed by atoms with Crippen LogP contribution in [0.5, 0.6) is 0 Å². The SMILES string of the molecule is CSc1ccc(-c2cc(CN(C)C)nn2-c2ccc(F)cc2)cc1. The number of rotatable bonds is 5. The fourth-order valence-corrected chi connectivity index (χ4v) is 2.99. The summed E-state index contributed by atoms with van der Waals surface area (Å²) in [5, 5.41) is 4.72. The third-order valence-electron chi connectivity index (χ3n) is 3.70. The molecule has 0 saturated carbocycles. The maximum Gasteiger partial charge on any atom is 0.123 e. The van der Waals surface area contributed by atoms with Crippen molar-refractivity contribution in [1.29, 1.82) is 0 Å². The Labute approximate surface area is 146 Å². The Morgan fingerprint density at radius 3 is 2.29 bits per heavy atom. The van der Waals surface area contributed by atoms with Gasteiger partial charge in [-0.05, 0) is 62.8 Å². The molecule has 0 bridgehead atoms. The summed E-state index contributed by atoms with van der Waals surface area (Å²) in [5.74, 6) is -0.245. The minimum atomic E-state index is -0.245. The predicted octanol–water partition coefficient (Wildman–Crippen LogP) is 4.46. The molecule has 0 aliphatic carbocycles. The van der Waals surface area contributed by atoms with Gasteiger partial charge < -0.3 is 4.90 Å². The molecule has 0 aliphatic rings. The summed E-state index contributed by atoms with van der Waals surface area (Å²) >= 11 is 1.72. The van der Waals surface area contributed by atoms with E-state index in [9.17, 15) is 4.39 Å². The fraction of sp³-hybridized carbons (Fsp3) is 0.211. The minimum Gasteiger partial charge on any atom is -0.304 e. The van der Waals surface area contributed by atoms with Gasteiger partial charge in [0.2, 0.25) is 0 Å². The molecule has 1 aromatic heterocycles. The van der Waals surface area contributed by atoms with E-state index in [1.807, 2.05) is 18.8 Å². The minimum absolute atomic E-state index is 0.245. The molecule has 3 aromatic rings. The van der Waals surface area contributed by atoms with E-state index in [0.29, 0.717) is 0 Å². The van der Waals surface area contributed by atoms with Crippen LogP contribution in [0.4, 0.5) is 4.39 Å². The van der Waals surface area contributed by atoms with E-state index >= 15 is 0 Å². The summed E-state index contributed by atoms with van der Waals surface area (Å²) in [6.45, 7) is 0.754. The van der Waals surface area contributed by atoms with Gasteiger partial charge in [0.15, 0.2) is 0 Å². The van der Waals surface area contributed by atoms with Crippen LogP contribution in [-0.2, 0) is 6.54 Å². The largest absolute Gasteiger partial charge is 0.304 e. The van der Waals surface area contributed by atoms with Gasteiger partial charge in [0, 0.05) is 17.0 Å². The highest BCUT2D eigenvalue weighted by molar-refractivity contribution is 7.98. The molecule has 2 aromatic carbocycles. The van der Waals surface area contributed by atoms with Gasteiger partial charge in [-0.3, -0.25) is 0 Å². The molecule has 0 fully saturated rings. The molecule has 24 heavy (non-hydrogen) atoms. The first-order valence-corrected chi connectivity index (χ1v) is 8.93. The second-order valence-corrected chi connectivity index (χ2v) is 6.76. The molecule has 0 amide bonds. The molecule has 0 N–H and O–H groups in total. The van der Waals surface area contributed by atoms with E-state index < -0.39 is 0 Å². The Bertz CT molecular complexity index is 808. The van der Waals surface area contributed by atoms with Crippen molar-refractivity contribution in [2.75, 3.05) is 20.4 Å². The summed E-state index contributed by atoms with van der Waals surface area (Å²) in [7, 11) is 4.04. The van der Waals surface area contributed by atoms with Crippen molar-refractivity contribution in [2.45, 2.75) is 11.4 Å². The molecule has 124 valence electrons. The number of nitrogens with zero attached hydrogens (tertiary/aromatic N) is 3. The highest BCUT2D eigenvalue weighted by Crippen LogP contribution is 2.26. The Morgan fingerprint density at radius 1 is 1.04 bits per heavy atom. The molecular weight excluding hydrogens is 321 g/mol. The normalized spacial score (nSPS) is 11.2. The Morgan fingerprint density at radius 2 is 1.71 bits per heavy atom. The lowest BCUT2D eigenvalue weighted by molar-refractivity contribution is 0.395. The molecular formula is C19H20FN3S. The predicted molar refractivity (Wildman–Crippen MR) is 98.1 cm³/mol. The molecule has 0 radical (unpaired) electrons. The molecule has 1 heterocycles. The molecule has 0 aliphatic heterocycles. The zero-order chi connectivity index (χ0) is 17.1. The molecule has 0 atom stereocenters. The Kier molecular flexibility index (Phi) is 5.02. The summed E-state index contributed by atoms with van der Waals surface area (Å²) in [5.41, 5.74) is 3.93. The van der Waals surface area contributed by atoms with Crippen molar-refractivity contribution in [2.24, 2.45) is 0 Å². The third-order valence-corrected chi connectivity index (χ3v) is 4.44. The van der Waals surface area contributed by atoms with Gasteiger partial charge in [0.25, 0.3) is 0 Å². The van der Waals surface area contributed by atoms with Crippen LogP contribution in [0.1, 0.15) is 5.69 Å². The van der Waals surface area contributed by atoms with Crippen LogP contribution in [0.15, 0.2) is 59.5 Å². The van der Waals surface area contributed by atoms with Gasteiger partial charge in [-0.15, -0.1) is 11.8 Å². The van der Waals surface area contributed by atoms with Crippen LogP contribution in [0.2, 0.25) is 0 Å². The van der Waals surface area contributed by atoms with E-state index in [1.165, 1.54) is 17.0 Å². The van der Waals surface area contributed by atoms with E-state index in [2.05, 4.69) is 41.5 Å². The topological polar surface area (TPSA) is 21.1 Å². The van der Waals surface area contributed by atoms with Crippen molar-refractivity contribution < 1.29 is 4.39 Å². The molecule has 0 spiro atoms. The van der Waals surface area contributed by atoms with Crippen LogP contribution in [0.25, 0.3) is 16.9 Å². The molecule has 0 unspecified atom stereocenters. The molecule has 5 heteroatoms. The summed E-state index contributed by atoms with van der Waals surface area (Å²) in [6, 6.07) is 16.9. The lowest BCUT2D eigenvalue weighted by Crippen LogP contribution is -2.11. The third kappa shape index (κ3) is 3.68. The zero-order valence-electron chi connectivity index (χ0n) is 14.0. The van der Waals surface area contributed by atoms with Gasteiger partial charge in [0.05, 0.1) is 17.1 Å². The van der Waals surface area contributed by atoms with Crippen molar-refractivity contribution in [1.82, 2.24) is 14.7 Å². The second kappa shape index (κ2) is 7.20. The second-order valence-electron chi connectivity index (χ2n) is 5.88.